The van der Waals surface area contributed by atoms with Crippen LogP contribution in [0.4, 0.5) is 5.69 Å². The third-order valence-corrected chi connectivity index (χ3v) is 4.50. The van der Waals surface area contributed by atoms with E-state index in [2.05, 4.69) is 16.8 Å². The number of anilines is 1. The minimum atomic E-state index is -0.400. The fourth-order valence-corrected chi connectivity index (χ4v) is 3.27. The van der Waals surface area contributed by atoms with E-state index in [9.17, 15) is 4.79 Å². The zero-order chi connectivity index (χ0) is 15.1. The van der Waals surface area contributed by atoms with Crippen LogP contribution in [0.1, 0.15) is 34.5 Å². The molecule has 1 saturated heterocycles. The van der Waals surface area contributed by atoms with Gasteiger partial charge in [0, 0.05) is 35.9 Å². The summed E-state index contributed by atoms with van der Waals surface area (Å²) in [6, 6.07) is 4.03. The number of H-pyrrole nitrogens is 1. The van der Waals surface area contributed by atoms with E-state index in [0.717, 1.165) is 48.2 Å². The predicted molar refractivity (Wildman–Crippen MR) is 85.7 cm³/mol. The molecule has 1 aromatic heterocycles. The number of carbonyl (C=O) groups is 1. The summed E-state index contributed by atoms with van der Waals surface area (Å²) in [5.74, 6) is -0.400. The Morgan fingerprint density at radius 2 is 2.14 bits per heavy atom. The number of hydrogen-bond acceptors (Lipinski definition) is 3. The van der Waals surface area contributed by atoms with Crippen LogP contribution in [0, 0.1) is 13.8 Å². The highest BCUT2D eigenvalue weighted by Gasteiger charge is 2.22. The second kappa shape index (κ2) is 5.07. The van der Waals surface area contributed by atoms with Gasteiger partial charge in [0.25, 0.3) is 5.91 Å². The van der Waals surface area contributed by atoms with Crippen LogP contribution in [0.3, 0.4) is 0 Å². The third-order valence-electron chi connectivity index (χ3n) is 4.50. The molecule has 1 fully saturated rings. The number of aryl methyl sites for hydroxylation is 2. The van der Waals surface area contributed by atoms with E-state index in [-0.39, 0.29) is 6.04 Å². The molecule has 0 aliphatic carbocycles. The highest BCUT2D eigenvalue weighted by atomic mass is 16.1. The van der Waals surface area contributed by atoms with Crippen molar-refractivity contribution in [2.75, 3.05) is 18.0 Å². The summed E-state index contributed by atoms with van der Waals surface area (Å²) in [7, 11) is 0. The van der Waals surface area contributed by atoms with E-state index in [1.807, 2.05) is 19.1 Å². The molecule has 3 rings (SSSR count). The number of hydrogen-bond donors (Lipinski definition) is 3. The lowest BCUT2D eigenvalue weighted by molar-refractivity contribution is 0.100. The van der Waals surface area contributed by atoms with Crippen molar-refractivity contribution < 1.29 is 4.79 Å². The Morgan fingerprint density at radius 1 is 1.38 bits per heavy atom. The average molecular weight is 286 g/mol. The SMILES string of the molecule is Cc1[nH]c2c(C(N)=O)ccc(N3CCC[C@H](N)C3)c2c1C. The average Bonchev–Trinajstić information content (AvgIpc) is 2.74. The summed E-state index contributed by atoms with van der Waals surface area (Å²) < 4.78 is 0. The molecule has 0 bridgehead atoms. The molecule has 112 valence electrons. The number of nitrogens with two attached hydrogens (primary N) is 2. The molecule has 1 aromatic carbocycles. The van der Waals surface area contributed by atoms with Crippen molar-refractivity contribution in [1.82, 2.24) is 4.98 Å². The molecule has 0 radical (unpaired) electrons. The molecule has 2 aromatic rings. The summed E-state index contributed by atoms with van der Waals surface area (Å²) >= 11 is 0. The van der Waals surface area contributed by atoms with Crippen molar-refractivity contribution in [3.05, 3.63) is 29.0 Å². The summed E-state index contributed by atoms with van der Waals surface area (Å²) in [6.07, 6.45) is 2.17. The van der Waals surface area contributed by atoms with Crippen LogP contribution < -0.4 is 16.4 Å². The molecule has 5 N–H and O–H groups in total. The van der Waals surface area contributed by atoms with Gasteiger partial charge in [0.05, 0.1) is 11.1 Å². The topological polar surface area (TPSA) is 88.1 Å². The highest BCUT2D eigenvalue weighted by Crippen LogP contribution is 2.34. The number of nitrogens with zero attached hydrogens (tertiary/aromatic N) is 1. The Bertz CT molecular complexity index is 704. The monoisotopic (exact) mass is 286 g/mol. The van der Waals surface area contributed by atoms with E-state index >= 15 is 0 Å². The van der Waals surface area contributed by atoms with Crippen molar-refractivity contribution in [2.24, 2.45) is 11.5 Å². The second-order valence-electron chi connectivity index (χ2n) is 5.97. The number of nitrogens with one attached hydrogen (secondary N) is 1. The van der Waals surface area contributed by atoms with Gasteiger partial charge >= 0.3 is 0 Å². The Hall–Kier alpha value is -2.01. The van der Waals surface area contributed by atoms with Crippen LogP contribution in [-0.2, 0) is 0 Å². The Labute approximate surface area is 124 Å². The maximum atomic E-state index is 11.6. The normalized spacial score (nSPS) is 19.2. The summed E-state index contributed by atoms with van der Waals surface area (Å²) in [6.45, 7) is 5.95. The largest absolute Gasteiger partial charge is 0.369 e. The van der Waals surface area contributed by atoms with Gasteiger partial charge in [0.15, 0.2) is 0 Å². The smallest absolute Gasteiger partial charge is 0.250 e. The maximum Gasteiger partial charge on any atom is 0.250 e. The molecular formula is C16H22N4O. The standard InChI is InChI=1S/C16H22N4O/c1-9-10(2)19-15-12(16(18)21)5-6-13(14(9)15)20-7-3-4-11(17)8-20/h5-6,11,19H,3-4,7-8,17H2,1-2H3,(H2,18,21)/t11-/m0/s1. The summed E-state index contributed by atoms with van der Waals surface area (Å²) in [5.41, 5.74) is 16.4. The lowest BCUT2D eigenvalue weighted by atomic mass is 10.0. The number of aromatic nitrogens is 1. The van der Waals surface area contributed by atoms with Crippen LogP contribution in [0.2, 0.25) is 0 Å². The maximum absolute atomic E-state index is 11.6. The van der Waals surface area contributed by atoms with Crippen LogP contribution in [-0.4, -0.2) is 30.0 Å². The number of fused-ring (bicyclic) bond motifs is 1. The molecule has 0 spiro atoms. The van der Waals surface area contributed by atoms with Gasteiger partial charge in [-0.2, -0.15) is 0 Å². The molecule has 0 saturated carbocycles. The molecule has 1 aliphatic heterocycles. The van der Waals surface area contributed by atoms with Crippen molar-refractivity contribution in [3.8, 4) is 0 Å². The second-order valence-corrected chi connectivity index (χ2v) is 5.97. The molecule has 5 nitrogen and oxygen atoms in total. The van der Waals surface area contributed by atoms with Gasteiger partial charge in [-0.05, 0) is 44.4 Å². The molecule has 5 heteroatoms. The number of primary amides is 1. The number of rotatable bonds is 2. The van der Waals surface area contributed by atoms with Crippen LogP contribution >= 0.6 is 0 Å². The molecule has 0 unspecified atom stereocenters. The molecular weight excluding hydrogens is 264 g/mol. The van der Waals surface area contributed by atoms with Crippen LogP contribution in [0.15, 0.2) is 12.1 Å². The molecule has 1 aliphatic rings. The number of carbonyl (C=O) groups excluding carboxylic acids is 1. The van der Waals surface area contributed by atoms with Gasteiger partial charge in [-0.1, -0.05) is 0 Å². The van der Waals surface area contributed by atoms with Gasteiger partial charge in [-0.15, -0.1) is 0 Å². The van der Waals surface area contributed by atoms with Crippen molar-refractivity contribution >= 4 is 22.5 Å². The fourth-order valence-electron chi connectivity index (χ4n) is 3.27. The van der Waals surface area contributed by atoms with E-state index in [4.69, 9.17) is 11.5 Å². The van der Waals surface area contributed by atoms with E-state index in [1.165, 1.54) is 5.56 Å². The van der Waals surface area contributed by atoms with Crippen molar-refractivity contribution in [2.45, 2.75) is 32.7 Å². The fraction of sp³-hybridized carbons (Fsp3) is 0.438. The lowest BCUT2D eigenvalue weighted by Gasteiger charge is -2.33. The van der Waals surface area contributed by atoms with Crippen molar-refractivity contribution in [3.63, 3.8) is 0 Å². The predicted octanol–water partition coefficient (Wildman–Crippen LogP) is 1.81. The molecule has 1 atom stereocenters. The van der Waals surface area contributed by atoms with E-state index in [0.29, 0.717) is 5.56 Å². The Kier molecular flexibility index (Phi) is 3.37. The lowest BCUT2D eigenvalue weighted by Crippen LogP contribution is -2.42. The molecule has 2 heterocycles. The van der Waals surface area contributed by atoms with Gasteiger partial charge in [-0.3, -0.25) is 4.79 Å². The quantitative estimate of drug-likeness (QED) is 0.786. The number of amides is 1. The first kappa shape index (κ1) is 13.9. The van der Waals surface area contributed by atoms with Gasteiger partial charge < -0.3 is 21.4 Å². The molecule has 21 heavy (non-hydrogen) atoms. The van der Waals surface area contributed by atoms with E-state index in [1.54, 1.807) is 0 Å². The van der Waals surface area contributed by atoms with E-state index < -0.39 is 5.91 Å². The van der Waals surface area contributed by atoms with Crippen LogP contribution in [0.25, 0.3) is 10.9 Å². The highest BCUT2D eigenvalue weighted by molar-refractivity contribution is 6.10. The summed E-state index contributed by atoms with van der Waals surface area (Å²) in [5, 5.41) is 1.10. The Morgan fingerprint density at radius 3 is 2.81 bits per heavy atom. The zero-order valence-corrected chi connectivity index (χ0v) is 12.6. The van der Waals surface area contributed by atoms with Gasteiger partial charge in [-0.25, -0.2) is 0 Å². The number of benzene rings is 1. The third kappa shape index (κ3) is 2.27. The first-order valence-electron chi connectivity index (χ1n) is 7.41. The zero-order valence-electron chi connectivity index (χ0n) is 12.6. The summed E-state index contributed by atoms with van der Waals surface area (Å²) in [4.78, 5) is 17.3. The first-order valence-corrected chi connectivity index (χ1v) is 7.41. The van der Waals surface area contributed by atoms with Gasteiger partial charge in [0.2, 0.25) is 0 Å². The van der Waals surface area contributed by atoms with Crippen LogP contribution in [0.5, 0.6) is 0 Å². The molecule has 1 amide bonds. The Balaban J connectivity index is 2.19. The van der Waals surface area contributed by atoms with Crippen molar-refractivity contribution in [1.29, 1.82) is 0 Å². The first-order chi connectivity index (χ1) is 9.99. The van der Waals surface area contributed by atoms with Gasteiger partial charge in [0.1, 0.15) is 0 Å². The minimum Gasteiger partial charge on any atom is -0.369 e. The minimum absolute atomic E-state index is 0.213. The number of piperidine rings is 1. The number of aromatic amines is 1.